The van der Waals surface area contributed by atoms with E-state index in [4.69, 9.17) is 21.3 Å². The van der Waals surface area contributed by atoms with E-state index in [9.17, 15) is 9.59 Å². The van der Waals surface area contributed by atoms with Crippen LogP contribution in [0.3, 0.4) is 0 Å². The highest BCUT2D eigenvalue weighted by atomic mass is 35.5. The van der Waals surface area contributed by atoms with E-state index in [1.807, 2.05) is 18.2 Å². The average Bonchev–Trinajstić information content (AvgIpc) is 3.17. The number of esters is 1. The molecule has 0 N–H and O–H groups in total. The summed E-state index contributed by atoms with van der Waals surface area (Å²) in [7, 11) is 0. The molecule has 4 rings (SSSR count). The largest absolute Gasteiger partial charge is 0.452 e. The first kappa shape index (κ1) is 18.9. The number of benzene rings is 2. The van der Waals surface area contributed by atoms with Gasteiger partial charge in [-0.15, -0.1) is 11.3 Å². The van der Waals surface area contributed by atoms with E-state index in [1.165, 1.54) is 0 Å². The van der Waals surface area contributed by atoms with Gasteiger partial charge in [0.15, 0.2) is 6.61 Å². The number of aromatic nitrogens is 1. The van der Waals surface area contributed by atoms with Crippen LogP contribution in [0.4, 0.5) is 0 Å². The third-order valence-electron chi connectivity index (χ3n) is 4.84. The standard InChI is InChI=1S/C21H19ClN2O3S/c22-16-9-7-14(8-10-16)21(26)27-13-19(25)24-11-3-4-15(12-24)20-23-17-5-1-2-6-18(17)28-20/h1-2,5-10,15H,3-4,11-13H2/t15-/m1/s1. The fraction of sp³-hybridized carbons (Fsp3) is 0.286. The molecule has 5 nitrogen and oxygen atoms in total. The molecule has 0 spiro atoms. The molecule has 1 aliphatic heterocycles. The molecule has 2 aromatic carbocycles. The summed E-state index contributed by atoms with van der Waals surface area (Å²) in [6.45, 7) is 1.03. The highest BCUT2D eigenvalue weighted by Gasteiger charge is 2.27. The van der Waals surface area contributed by atoms with Gasteiger partial charge >= 0.3 is 5.97 Å². The maximum Gasteiger partial charge on any atom is 0.338 e. The topological polar surface area (TPSA) is 59.5 Å². The first-order valence-corrected chi connectivity index (χ1v) is 10.4. The number of hydrogen-bond acceptors (Lipinski definition) is 5. The maximum absolute atomic E-state index is 12.5. The van der Waals surface area contributed by atoms with Crippen LogP contribution in [0.1, 0.15) is 34.1 Å². The van der Waals surface area contributed by atoms with Crippen molar-refractivity contribution in [3.8, 4) is 0 Å². The monoisotopic (exact) mass is 414 g/mol. The Labute approximate surface area is 171 Å². The van der Waals surface area contributed by atoms with Crippen LogP contribution in [0.25, 0.3) is 10.2 Å². The molecule has 1 amide bonds. The van der Waals surface area contributed by atoms with Crippen LogP contribution in [0.2, 0.25) is 5.02 Å². The van der Waals surface area contributed by atoms with Crippen molar-refractivity contribution in [1.29, 1.82) is 0 Å². The van der Waals surface area contributed by atoms with E-state index in [0.717, 1.165) is 28.1 Å². The lowest BCUT2D eigenvalue weighted by Crippen LogP contribution is -2.41. The number of piperidine rings is 1. The fourth-order valence-corrected chi connectivity index (χ4v) is 4.58. The molecule has 1 aromatic heterocycles. The number of rotatable bonds is 4. The molecular formula is C21H19ClN2O3S. The normalized spacial score (nSPS) is 16.9. The van der Waals surface area contributed by atoms with Crippen molar-refractivity contribution in [3.05, 3.63) is 64.1 Å². The molecule has 0 radical (unpaired) electrons. The molecule has 0 bridgehead atoms. The van der Waals surface area contributed by atoms with Crippen LogP contribution in [0, 0.1) is 0 Å². The Bertz CT molecular complexity index is 969. The fourth-order valence-electron chi connectivity index (χ4n) is 3.36. The van der Waals surface area contributed by atoms with Crippen molar-refractivity contribution in [3.63, 3.8) is 0 Å². The van der Waals surface area contributed by atoms with Crippen molar-refractivity contribution >= 4 is 45.0 Å². The summed E-state index contributed by atoms with van der Waals surface area (Å²) in [6, 6.07) is 14.5. The van der Waals surface area contributed by atoms with Gasteiger partial charge in [-0.3, -0.25) is 4.79 Å². The summed E-state index contributed by atoms with van der Waals surface area (Å²) in [4.78, 5) is 31.1. The summed E-state index contributed by atoms with van der Waals surface area (Å²) in [6.07, 6.45) is 1.92. The summed E-state index contributed by atoms with van der Waals surface area (Å²) in [5.41, 5.74) is 1.38. The van der Waals surface area contributed by atoms with Crippen LogP contribution in [0.15, 0.2) is 48.5 Å². The molecule has 28 heavy (non-hydrogen) atoms. The lowest BCUT2D eigenvalue weighted by Gasteiger charge is -2.31. The van der Waals surface area contributed by atoms with Gasteiger partial charge in [0.2, 0.25) is 0 Å². The Kier molecular flexibility index (Phi) is 5.59. The molecule has 1 fully saturated rings. The smallest absolute Gasteiger partial charge is 0.338 e. The van der Waals surface area contributed by atoms with Gasteiger partial charge in [-0.2, -0.15) is 0 Å². The number of likely N-dealkylation sites (tertiary alicyclic amines) is 1. The number of para-hydroxylation sites is 1. The molecule has 1 atom stereocenters. The first-order valence-electron chi connectivity index (χ1n) is 9.16. The van der Waals surface area contributed by atoms with Crippen LogP contribution in [0.5, 0.6) is 0 Å². The number of amides is 1. The molecule has 2 heterocycles. The van der Waals surface area contributed by atoms with Crippen LogP contribution < -0.4 is 0 Å². The molecule has 3 aromatic rings. The number of nitrogens with zero attached hydrogens (tertiary/aromatic N) is 2. The van der Waals surface area contributed by atoms with Gasteiger partial charge in [0.05, 0.1) is 20.8 Å². The second-order valence-corrected chi connectivity index (χ2v) is 8.28. The first-order chi connectivity index (χ1) is 13.6. The molecule has 0 aliphatic carbocycles. The average molecular weight is 415 g/mol. The van der Waals surface area contributed by atoms with Crippen molar-refractivity contribution in [2.24, 2.45) is 0 Å². The van der Waals surface area contributed by atoms with E-state index in [-0.39, 0.29) is 18.4 Å². The SMILES string of the molecule is O=C(OCC(=O)N1CCC[C@@H](c2nc3ccccc3s2)C1)c1ccc(Cl)cc1. The van der Waals surface area contributed by atoms with E-state index >= 15 is 0 Å². The third-order valence-corrected chi connectivity index (χ3v) is 6.29. The number of hydrogen-bond donors (Lipinski definition) is 0. The number of fused-ring (bicyclic) bond motifs is 1. The highest BCUT2D eigenvalue weighted by molar-refractivity contribution is 7.18. The Hall–Kier alpha value is -2.44. The van der Waals surface area contributed by atoms with Crippen LogP contribution in [-0.4, -0.2) is 41.5 Å². The van der Waals surface area contributed by atoms with E-state index < -0.39 is 5.97 Å². The predicted octanol–water partition coefficient (Wildman–Crippen LogP) is 4.51. The van der Waals surface area contributed by atoms with Crippen molar-refractivity contribution in [2.45, 2.75) is 18.8 Å². The van der Waals surface area contributed by atoms with Gasteiger partial charge in [-0.1, -0.05) is 23.7 Å². The summed E-state index contributed by atoms with van der Waals surface area (Å²) in [5.74, 6) is -0.472. The van der Waals surface area contributed by atoms with Crippen LogP contribution >= 0.6 is 22.9 Å². The van der Waals surface area contributed by atoms with E-state index in [0.29, 0.717) is 23.7 Å². The zero-order valence-electron chi connectivity index (χ0n) is 15.1. The lowest BCUT2D eigenvalue weighted by atomic mass is 9.99. The quantitative estimate of drug-likeness (QED) is 0.589. The number of halogens is 1. The molecule has 1 saturated heterocycles. The molecule has 144 valence electrons. The zero-order chi connectivity index (χ0) is 19.5. The summed E-state index contributed by atoms with van der Waals surface area (Å²) in [5, 5.41) is 1.61. The number of carbonyl (C=O) groups excluding carboxylic acids is 2. The second-order valence-electron chi connectivity index (χ2n) is 6.78. The van der Waals surface area contributed by atoms with Gasteiger partial charge in [0, 0.05) is 24.0 Å². The second kappa shape index (κ2) is 8.29. The number of thiazole rings is 1. The van der Waals surface area contributed by atoms with Crippen molar-refractivity contribution in [1.82, 2.24) is 9.88 Å². The molecular weight excluding hydrogens is 396 g/mol. The number of ether oxygens (including phenoxy) is 1. The number of carbonyl (C=O) groups is 2. The van der Waals surface area contributed by atoms with Crippen molar-refractivity contribution < 1.29 is 14.3 Å². The van der Waals surface area contributed by atoms with Gasteiger partial charge in [0.25, 0.3) is 5.91 Å². The Morgan fingerprint density at radius 3 is 2.75 bits per heavy atom. The summed E-state index contributed by atoms with van der Waals surface area (Å²) < 4.78 is 6.35. The predicted molar refractivity (Wildman–Crippen MR) is 110 cm³/mol. The Morgan fingerprint density at radius 1 is 1.18 bits per heavy atom. The maximum atomic E-state index is 12.5. The molecule has 1 aliphatic rings. The minimum Gasteiger partial charge on any atom is -0.452 e. The summed E-state index contributed by atoms with van der Waals surface area (Å²) >= 11 is 7.51. The van der Waals surface area contributed by atoms with Crippen molar-refractivity contribution in [2.75, 3.05) is 19.7 Å². The minimum atomic E-state index is -0.523. The van der Waals surface area contributed by atoms with Gasteiger partial charge < -0.3 is 9.64 Å². The Balaban J connectivity index is 1.36. The zero-order valence-corrected chi connectivity index (χ0v) is 16.7. The molecule has 0 saturated carbocycles. The molecule has 7 heteroatoms. The van der Waals surface area contributed by atoms with Gasteiger partial charge in [-0.25, -0.2) is 9.78 Å². The van der Waals surface area contributed by atoms with E-state index in [2.05, 4.69) is 6.07 Å². The Morgan fingerprint density at radius 2 is 1.96 bits per heavy atom. The van der Waals surface area contributed by atoms with Gasteiger partial charge in [-0.05, 0) is 49.2 Å². The van der Waals surface area contributed by atoms with E-state index in [1.54, 1.807) is 40.5 Å². The molecule has 0 unspecified atom stereocenters. The third kappa shape index (κ3) is 4.18. The highest BCUT2D eigenvalue weighted by Crippen LogP contribution is 2.32. The van der Waals surface area contributed by atoms with Gasteiger partial charge in [0.1, 0.15) is 0 Å². The lowest BCUT2D eigenvalue weighted by molar-refractivity contribution is -0.135. The van der Waals surface area contributed by atoms with Crippen LogP contribution in [-0.2, 0) is 9.53 Å². The minimum absolute atomic E-state index is 0.173.